The summed E-state index contributed by atoms with van der Waals surface area (Å²) in [5, 5.41) is 4.13. The van der Waals surface area contributed by atoms with E-state index in [1.54, 1.807) is 17.1 Å². The molecule has 0 aromatic carbocycles. The number of aryl methyl sites for hydroxylation is 1. The molecule has 2 aromatic heterocycles. The van der Waals surface area contributed by atoms with Crippen LogP contribution in [0.4, 0.5) is 5.82 Å². The summed E-state index contributed by atoms with van der Waals surface area (Å²) in [6.07, 6.45) is 3.48. The van der Waals surface area contributed by atoms with Crippen LogP contribution in [0.2, 0.25) is 0 Å². The fourth-order valence-corrected chi connectivity index (χ4v) is 1.24. The number of nitrogen functional groups attached to an aromatic ring is 1. The SMILES string of the molecule is Cc1cc(N)nn1-c1cccnc1. The first kappa shape index (κ1) is 7.79. The molecular formula is C9H10N4. The van der Waals surface area contributed by atoms with Crippen molar-refractivity contribution in [3.63, 3.8) is 0 Å². The van der Waals surface area contributed by atoms with Crippen LogP contribution < -0.4 is 5.73 Å². The third-order valence-electron chi connectivity index (χ3n) is 1.80. The Labute approximate surface area is 76.0 Å². The van der Waals surface area contributed by atoms with Crippen LogP contribution in [0.5, 0.6) is 0 Å². The molecule has 0 aliphatic rings. The van der Waals surface area contributed by atoms with Crippen molar-refractivity contribution < 1.29 is 0 Å². The molecule has 0 bridgehead atoms. The molecule has 0 saturated carbocycles. The zero-order chi connectivity index (χ0) is 9.26. The van der Waals surface area contributed by atoms with Gasteiger partial charge in [0, 0.05) is 18.0 Å². The summed E-state index contributed by atoms with van der Waals surface area (Å²) in [5.41, 5.74) is 7.50. The van der Waals surface area contributed by atoms with Gasteiger partial charge in [-0.3, -0.25) is 4.98 Å². The third-order valence-corrected chi connectivity index (χ3v) is 1.80. The van der Waals surface area contributed by atoms with E-state index in [4.69, 9.17) is 5.73 Å². The van der Waals surface area contributed by atoms with E-state index in [0.717, 1.165) is 11.4 Å². The molecule has 2 aromatic rings. The molecule has 2 heterocycles. The maximum atomic E-state index is 5.56. The van der Waals surface area contributed by atoms with E-state index in [1.165, 1.54) is 0 Å². The van der Waals surface area contributed by atoms with Gasteiger partial charge in [-0.1, -0.05) is 0 Å². The zero-order valence-electron chi connectivity index (χ0n) is 7.31. The summed E-state index contributed by atoms with van der Waals surface area (Å²) in [6, 6.07) is 5.63. The van der Waals surface area contributed by atoms with E-state index in [0.29, 0.717) is 5.82 Å². The Bertz CT molecular complexity index is 405. The molecule has 0 aliphatic carbocycles. The first-order chi connectivity index (χ1) is 6.27. The van der Waals surface area contributed by atoms with Crippen LogP contribution in [0.1, 0.15) is 5.69 Å². The smallest absolute Gasteiger partial charge is 0.146 e. The van der Waals surface area contributed by atoms with Gasteiger partial charge in [0.2, 0.25) is 0 Å². The maximum Gasteiger partial charge on any atom is 0.146 e. The second kappa shape index (κ2) is 2.90. The fraction of sp³-hybridized carbons (Fsp3) is 0.111. The minimum Gasteiger partial charge on any atom is -0.382 e. The van der Waals surface area contributed by atoms with Gasteiger partial charge in [-0.15, -0.1) is 0 Å². The lowest BCUT2D eigenvalue weighted by Crippen LogP contribution is -1.99. The molecule has 0 fully saturated rings. The van der Waals surface area contributed by atoms with Crippen LogP contribution in [-0.4, -0.2) is 14.8 Å². The number of pyridine rings is 1. The zero-order valence-corrected chi connectivity index (χ0v) is 7.31. The van der Waals surface area contributed by atoms with Crippen molar-refractivity contribution in [2.24, 2.45) is 0 Å². The first-order valence-electron chi connectivity index (χ1n) is 4.00. The molecular weight excluding hydrogens is 164 g/mol. The van der Waals surface area contributed by atoms with Crippen LogP contribution in [0.3, 0.4) is 0 Å². The molecule has 0 unspecified atom stereocenters. The normalized spacial score (nSPS) is 10.2. The summed E-state index contributed by atoms with van der Waals surface area (Å²) in [6.45, 7) is 1.95. The van der Waals surface area contributed by atoms with Gasteiger partial charge >= 0.3 is 0 Å². The number of nitrogens with zero attached hydrogens (tertiary/aromatic N) is 3. The van der Waals surface area contributed by atoms with Crippen LogP contribution in [0.15, 0.2) is 30.6 Å². The first-order valence-corrected chi connectivity index (χ1v) is 4.00. The van der Waals surface area contributed by atoms with Gasteiger partial charge in [0.1, 0.15) is 5.82 Å². The van der Waals surface area contributed by atoms with Crippen LogP contribution in [-0.2, 0) is 0 Å². The molecule has 2 rings (SSSR count). The van der Waals surface area contributed by atoms with Crippen LogP contribution >= 0.6 is 0 Å². The molecule has 0 amide bonds. The Hall–Kier alpha value is -1.84. The lowest BCUT2D eigenvalue weighted by molar-refractivity contribution is 0.846. The van der Waals surface area contributed by atoms with Gasteiger partial charge < -0.3 is 5.73 Å². The second-order valence-electron chi connectivity index (χ2n) is 2.83. The predicted octanol–water partition coefficient (Wildman–Crippen LogP) is 1.16. The summed E-state index contributed by atoms with van der Waals surface area (Å²) in [7, 11) is 0. The van der Waals surface area contributed by atoms with Gasteiger partial charge in [0.25, 0.3) is 0 Å². The second-order valence-corrected chi connectivity index (χ2v) is 2.83. The molecule has 0 aliphatic heterocycles. The Morgan fingerprint density at radius 2 is 2.31 bits per heavy atom. The number of hydrogen-bond donors (Lipinski definition) is 1. The number of hydrogen-bond acceptors (Lipinski definition) is 3. The van der Waals surface area contributed by atoms with Gasteiger partial charge in [-0.25, -0.2) is 4.68 Å². The number of nitrogens with two attached hydrogens (primary N) is 1. The van der Waals surface area contributed by atoms with Crippen molar-refractivity contribution in [1.29, 1.82) is 0 Å². The quantitative estimate of drug-likeness (QED) is 0.705. The van der Waals surface area contributed by atoms with Crippen LogP contribution in [0.25, 0.3) is 5.69 Å². The highest BCUT2D eigenvalue weighted by molar-refractivity contribution is 5.36. The Balaban J connectivity index is 2.53. The van der Waals surface area contributed by atoms with E-state index < -0.39 is 0 Å². The van der Waals surface area contributed by atoms with E-state index >= 15 is 0 Å². The van der Waals surface area contributed by atoms with Gasteiger partial charge in [-0.2, -0.15) is 5.10 Å². The Kier molecular flexibility index (Phi) is 1.73. The molecule has 0 atom stereocenters. The minimum absolute atomic E-state index is 0.529. The molecule has 4 nitrogen and oxygen atoms in total. The van der Waals surface area contributed by atoms with Crippen molar-refractivity contribution in [2.45, 2.75) is 6.92 Å². The lowest BCUT2D eigenvalue weighted by atomic mass is 10.4. The van der Waals surface area contributed by atoms with Crippen molar-refractivity contribution in [1.82, 2.24) is 14.8 Å². The number of aromatic nitrogens is 3. The van der Waals surface area contributed by atoms with Crippen molar-refractivity contribution in [2.75, 3.05) is 5.73 Å². The standard InChI is InChI=1S/C9H10N4/c1-7-5-9(10)12-13(7)8-3-2-4-11-6-8/h2-6H,1H3,(H2,10,12). The summed E-state index contributed by atoms with van der Waals surface area (Å²) < 4.78 is 1.77. The molecule has 13 heavy (non-hydrogen) atoms. The lowest BCUT2D eigenvalue weighted by Gasteiger charge is -2.01. The summed E-state index contributed by atoms with van der Waals surface area (Å²) in [4.78, 5) is 4.01. The average Bonchev–Trinajstić information content (AvgIpc) is 2.47. The molecule has 66 valence electrons. The fourth-order valence-electron chi connectivity index (χ4n) is 1.24. The topological polar surface area (TPSA) is 56.7 Å². The van der Waals surface area contributed by atoms with Gasteiger partial charge in [0.05, 0.1) is 11.9 Å². The van der Waals surface area contributed by atoms with E-state index in [2.05, 4.69) is 10.1 Å². The van der Waals surface area contributed by atoms with Crippen molar-refractivity contribution in [3.8, 4) is 5.69 Å². The average molecular weight is 174 g/mol. The van der Waals surface area contributed by atoms with Gasteiger partial charge in [-0.05, 0) is 19.1 Å². The Morgan fingerprint density at radius 1 is 1.46 bits per heavy atom. The number of rotatable bonds is 1. The van der Waals surface area contributed by atoms with E-state index in [-0.39, 0.29) is 0 Å². The molecule has 4 heteroatoms. The predicted molar refractivity (Wildman–Crippen MR) is 50.5 cm³/mol. The molecule has 0 saturated heterocycles. The highest BCUT2D eigenvalue weighted by Gasteiger charge is 2.02. The third kappa shape index (κ3) is 1.38. The summed E-state index contributed by atoms with van der Waals surface area (Å²) >= 11 is 0. The van der Waals surface area contributed by atoms with Gasteiger partial charge in [0.15, 0.2) is 0 Å². The summed E-state index contributed by atoms with van der Waals surface area (Å²) in [5.74, 6) is 0.529. The van der Waals surface area contributed by atoms with Crippen molar-refractivity contribution >= 4 is 5.82 Å². The maximum absolute atomic E-state index is 5.56. The highest BCUT2D eigenvalue weighted by atomic mass is 15.3. The minimum atomic E-state index is 0.529. The van der Waals surface area contributed by atoms with E-state index in [1.807, 2.05) is 25.1 Å². The van der Waals surface area contributed by atoms with Crippen molar-refractivity contribution in [3.05, 3.63) is 36.3 Å². The molecule has 0 spiro atoms. The largest absolute Gasteiger partial charge is 0.382 e. The Morgan fingerprint density at radius 3 is 2.85 bits per heavy atom. The molecule has 2 N–H and O–H groups in total. The monoisotopic (exact) mass is 174 g/mol. The van der Waals surface area contributed by atoms with Crippen LogP contribution in [0, 0.1) is 6.92 Å². The highest BCUT2D eigenvalue weighted by Crippen LogP contribution is 2.10. The molecule has 0 radical (unpaired) electrons. The van der Waals surface area contributed by atoms with E-state index in [9.17, 15) is 0 Å². The number of anilines is 1.